The van der Waals surface area contributed by atoms with Crippen LogP contribution in [-0.4, -0.2) is 32.9 Å². The van der Waals surface area contributed by atoms with Crippen LogP contribution in [0.3, 0.4) is 0 Å². The molecular formula is C17H14FN5O3. The van der Waals surface area contributed by atoms with Crippen molar-refractivity contribution in [2.45, 2.75) is 13.1 Å². The standard InChI is InChI=1S/C17H14FN5O3/c18-13-4-2-12(3-5-13)17-20-22-23(21-17)9-16(24)19-8-11-1-6-14-15(7-11)26-10-25-14/h1-7H,8-10H2,(H,19,24). The molecule has 26 heavy (non-hydrogen) atoms. The van der Waals surface area contributed by atoms with Gasteiger partial charge in [-0.25, -0.2) is 4.39 Å². The Morgan fingerprint density at radius 2 is 1.96 bits per heavy atom. The molecule has 0 bridgehead atoms. The van der Waals surface area contributed by atoms with Crippen molar-refractivity contribution in [2.24, 2.45) is 0 Å². The van der Waals surface area contributed by atoms with Crippen LogP contribution in [0.25, 0.3) is 11.4 Å². The molecule has 1 aliphatic heterocycles. The average Bonchev–Trinajstić information content (AvgIpc) is 3.29. The highest BCUT2D eigenvalue weighted by Crippen LogP contribution is 2.32. The van der Waals surface area contributed by atoms with Gasteiger partial charge in [-0.3, -0.25) is 4.79 Å². The Kier molecular flexibility index (Phi) is 4.18. The van der Waals surface area contributed by atoms with Crippen LogP contribution in [0.4, 0.5) is 4.39 Å². The fourth-order valence-electron chi connectivity index (χ4n) is 2.46. The molecule has 0 atom stereocenters. The number of tetrazole rings is 1. The number of carbonyl (C=O) groups excluding carboxylic acids is 1. The first-order chi connectivity index (χ1) is 12.7. The number of aromatic nitrogens is 4. The number of carbonyl (C=O) groups is 1. The van der Waals surface area contributed by atoms with E-state index < -0.39 is 0 Å². The Bertz CT molecular complexity index is 942. The van der Waals surface area contributed by atoms with Crippen molar-refractivity contribution in [2.75, 3.05) is 6.79 Å². The Morgan fingerprint density at radius 1 is 1.15 bits per heavy atom. The van der Waals surface area contributed by atoms with Gasteiger partial charge in [-0.15, -0.1) is 10.2 Å². The lowest BCUT2D eigenvalue weighted by molar-refractivity contribution is -0.122. The minimum Gasteiger partial charge on any atom is -0.454 e. The molecule has 0 saturated carbocycles. The predicted molar refractivity (Wildman–Crippen MR) is 87.6 cm³/mol. The van der Waals surface area contributed by atoms with Crippen LogP contribution in [0, 0.1) is 5.82 Å². The zero-order valence-electron chi connectivity index (χ0n) is 13.6. The van der Waals surface area contributed by atoms with Crippen LogP contribution in [0.5, 0.6) is 11.5 Å². The molecule has 1 aromatic heterocycles. The molecule has 0 saturated heterocycles. The number of benzene rings is 2. The summed E-state index contributed by atoms with van der Waals surface area (Å²) in [6.45, 7) is 0.479. The second-order valence-electron chi connectivity index (χ2n) is 5.61. The molecule has 132 valence electrons. The largest absolute Gasteiger partial charge is 0.454 e. The van der Waals surface area contributed by atoms with Crippen molar-refractivity contribution in [1.82, 2.24) is 25.5 Å². The molecule has 4 rings (SSSR count). The van der Waals surface area contributed by atoms with Gasteiger partial charge in [0.1, 0.15) is 12.4 Å². The number of hydrogen-bond donors (Lipinski definition) is 1. The van der Waals surface area contributed by atoms with E-state index in [1.165, 1.54) is 16.9 Å². The average molecular weight is 355 g/mol. The minimum absolute atomic E-state index is 0.0707. The highest BCUT2D eigenvalue weighted by molar-refractivity contribution is 5.75. The topological polar surface area (TPSA) is 91.2 Å². The molecule has 1 N–H and O–H groups in total. The van der Waals surface area contributed by atoms with Crippen molar-refractivity contribution in [1.29, 1.82) is 0 Å². The summed E-state index contributed by atoms with van der Waals surface area (Å²) >= 11 is 0. The van der Waals surface area contributed by atoms with Crippen LogP contribution in [0.2, 0.25) is 0 Å². The normalized spacial score (nSPS) is 12.2. The van der Waals surface area contributed by atoms with Gasteiger partial charge in [0.05, 0.1) is 0 Å². The van der Waals surface area contributed by atoms with Crippen LogP contribution in [0.1, 0.15) is 5.56 Å². The van der Waals surface area contributed by atoms with Gasteiger partial charge < -0.3 is 14.8 Å². The first-order valence-corrected chi connectivity index (χ1v) is 7.86. The van der Waals surface area contributed by atoms with Crippen LogP contribution in [-0.2, 0) is 17.9 Å². The zero-order chi connectivity index (χ0) is 17.9. The van der Waals surface area contributed by atoms with Crippen molar-refractivity contribution in [3.8, 4) is 22.9 Å². The van der Waals surface area contributed by atoms with Crippen molar-refractivity contribution < 1.29 is 18.7 Å². The van der Waals surface area contributed by atoms with E-state index in [9.17, 15) is 9.18 Å². The zero-order valence-corrected chi connectivity index (χ0v) is 13.6. The number of nitrogens with one attached hydrogen (secondary N) is 1. The van der Waals surface area contributed by atoms with Crippen LogP contribution in [0.15, 0.2) is 42.5 Å². The maximum atomic E-state index is 12.9. The monoisotopic (exact) mass is 355 g/mol. The number of hydrogen-bond acceptors (Lipinski definition) is 6. The Labute approximate surface area is 147 Å². The third kappa shape index (κ3) is 3.46. The smallest absolute Gasteiger partial charge is 0.243 e. The number of halogens is 1. The van der Waals surface area contributed by atoms with Crippen molar-refractivity contribution in [3.05, 3.63) is 53.8 Å². The second kappa shape index (κ2) is 6.79. The molecular weight excluding hydrogens is 341 g/mol. The van der Waals surface area contributed by atoms with E-state index in [0.29, 0.717) is 29.4 Å². The Morgan fingerprint density at radius 3 is 2.81 bits per heavy atom. The molecule has 2 aromatic carbocycles. The lowest BCUT2D eigenvalue weighted by Crippen LogP contribution is -2.28. The highest BCUT2D eigenvalue weighted by Gasteiger charge is 2.14. The van der Waals surface area contributed by atoms with Gasteiger partial charge in [0, 0.05) is 12.1 Å². The summed E-state index contributed by atoms with van der Waals surface area (Å²) in [5, 5.41) is 14.6. The van der Waals surface area contributed by atoms with E-state index in [1.54, 1.807) is 18.2 Å². The molecule has 0 radical (unpaired) electrons. The SMILES string of the molecule is O=C(Cn1nnc(-c2ccc(F)cc2)n1)NCc1ccc2c(c1)OCO2. The fourth-order valence-corrected chi connectivity index (χ4v) is 2.46. The molecule has 0 spiro atoms. The Hall–Kier alpha value is -3.49. The van der Waals surface area contributed by atoms with Gasteiger partial charge in [-0.2, -0.15) is 4.80 Å². The third-order valence-electron chi connectivity index (χ3n) is 3.77. The number of amides is 1. The number of rotatable bonds is 5. The third-order valence-corrected chi connectivity index (χ3v) is 3.77. The number of nitrogens with zero attached hydrogens (tertiary/aromatic N) is 4. The molecule has 9 heteroatoms. The molecule has 0 aliphatic carbocycles. The van der Waals surface area contributed by atoms with E-state index in [0.717, 1.165) is 5.56 Å². The molecule has 3 aromatic rings. The predicted octanol–water partition coefficient (Wildman–Crippen LogP) is 1.52. The van der Waals surface area contributed by atoms with Gasteiger partial charge >= 0.3 is 0 Å². The molecule has 1 amide bonds. The summed E-state index contributed by atoms with van der Waals surface area (Å²) in [5.41, 5.74) is 1.51. The highest BCUT2D eigenvalue weighted by atomic mass is 19.1. The van der Waals surface area contributed by atoms with E-state index >= 15 is 0 Å². The maximum absolute atomic E-state index is 12.9. The number of fused-ring (bicyclic) bond motifs is 1. The quantitative estimate of drug-likeness (QED) is 0.746. The minimum atomic E-state index is -0.343. The molecule has 0 fully saturated rings. The van der Waals surface area contributed by atoms with Crippen molar-refractivity contribution in [3.63, 3.8) is 0 Å². The fraction of sp³-hybridized carbons (Fsp3) is 0.176. The van der Waals surface area contributed by atoms with E-state index in [-0.39, 0.29) is 25.1 Å². The van der Waals surface area contributed by atoms with Gasteiger partial charge in [0.2, 0.25) is 18.5 Å². The summed E-state index contributed by atoms with van der Waals surface area (Å²) in [6.07, 6.45) is 0. The molecule has 1 aliphatic rings. The second-order valence-corrected chi connectivity index (χ2v) is 5.61. The molecule has 0 unspecified atom stereocenters. The maximum Gasteiger partial charge on any atom is 0.243 e. The summed E-state index contributed by atoms with van der Waals surface area (Å²) in [5.74, 6) is 1.09. The Balaban J connectivity index is 1.34. The lowest BCUT2D eigenvalue weighted by atomic mass is 10.2. The van der Waals surface area contributed by atoms with Gasteiger partial charge in [0.25, 0.3) is 0 Å². The molecule has 2 heterocycles. The van der Waals surface area contributed by atoms with Crippen molar-refractivity contribution >= 4 is 5.91 Å². The van der Waals surface area contributed by atoms with E-state index in [4.69, 9.17) is 9.47 Å². The summed E-state index contributed by atoms with van der Waals surface area (Å²) in [6, 6.07) is 11.2. The first kappa shape index (κ1) is 16.0. The van der Waals surface area contributed by atoms with Crippen LogP contribution >= 0.6 is 0 Å². The van der Waals surface area contributed by atoms with Gasteiger partial charge in [0.15, 0.2) is 11.5 Å². The summed E-state index contributed by atoms with van der Waals surface area (Å²) in [7, 11) is 0. The summed E-state index contributed by atoms with van der Waals surface area (Å²) in [4.78, 5) is 13.3. The van der Waals surface area contributed by atoms with Gasteiger partial charge in [-0.05, 0) is 47.2 Å². The van der Waals surface area contributed by atoms with Gasteiger partial charge in [-0.1, -0.05) is 6.07 Å². The lowest BCUT2D eigenvalue weighted by Gasteiger charge is -2.05. The first-order valence-electron chi connectivity index (χ1n) is 7.86. The number of ether oxygens (including phenoxy) is 2. The van der Waals surface area contributed by atoms with E-state index in [2.05, 4.69) is 20.7 Å². The van der Waals surface area contributed by atoms with E-state index in [1.807, 2.05) is 12.1 Å². The molecule has 8 nitrogen and oxygen atoms in total. The van der Waals surface area contributed by atoms with Crippen LogP contribution < -0.4 is 14.8 Å². The summed E-state index contributed by atoms with van der Waals surface area (Å²) < 4.78 is 23.5.